The Labute approximate surface area is 59.6 Å². The Kier molecular flexibility index (Phi) is 1.24. The first-order valence-corrected chi connectivity index (χ1v) is 3.46. The minimum atomic E-state index is 0.674. The molecule has 0 fully saturated rings. The van der Waals surface area contributed by atoms with Gasteiger partial charge in [0.25, 0.3) is 0 Å². The number of hydrogen-bond donors (Lipinski definition) is 0. The van der Waals surface area contributed by atoms with Crippen LogP contribution in [0, 0.1) is 6.92 Å². The van der Waals surface area contributed by atoms with E-state index in [-0.39, 0.29) is 0 Å². The SMILES string of the molecule is Cc1cnc2n1CCOC2. The van der Waals surface area contributed by atoms with Gasteiger partial charge in [0.05, 0.1) is 6.61 Å². The van der Waals surface area contributed by atoms with Crippen LogP contribution in [0.25, 0.3) is 0 Å². The standard InChI is InChI=1S/C7H10N2O/c1-6-4-8-7-5-10-3-2-9(6)7/h4H,2-3,5H2,1H3. The maximum atomic E-state index is 5.23. The zero-order chi connectivity index (χ0) is 6.97. The van der Waals surface area contributed by atoms with Crippen molar-refractivity contribution >= 4 is 0 Å². The third kappa shape index (κ3) is 0.743. The van der Waals surface area contributed by atoms with E-state index in [4.69, 9.17) is 4.74 Å². The third-order valence-electron chi connectivity index (χ3n) is 1.83. The van der Waals surface area contributed by atoms with Crippen LogP contribution >= 0.6 is 0 Å². The molecule has 3 heteroatoms. The molecule has 2 heterocycles. The Morgan fingerprint density at radius 1 is 1.70 bits per heavy atom. The van der Waals surface area contributed by atoms with Crippen LogP contribution in [0.1, 0.15) is 11.5 Å². The van der Waals surface area contributed by atoms with E-state index < -0.39 is 0 Å². The number of rotatable bonds is 0. The monoisotopic (exact) mass is 138 g/mol. The Morgan fingerprint density at radius 2 is 2.60 bits per heavy atom. The van der Waals surface area contributed by atoms with E-state index in [1.54, 1.807) is 0 Å². The number of fused-ring (bicyclic) bond motifs is 1. The highest BCUT2D eigenvalue weighted by atomic mass is 16.5. The summed E-state index contributed by atoms with van der Waals surface area (Å²) < 4.78 is 7.42. The van der Waals surface area contributed by atoms with E-state index in [1.165, 1.54) is 5.69 Å². The van der Waals surface area contributed by atoms with Crippen molar-refractivity contribution in [3.63, 3.8) is 0 Å². The molecule has 3 nitrogen and oxygen atoms in total. The lowest BCUT2D eigenvalue weighted by molar-refractivity contribution is 0.0809. The highest BCUT2D eigenvalue weighted by Crippen LogP contribution is 2.09. The fourth-order valence-electron chi connectivity index (χ4n) is 1.25. The second-order valence-corrected chi connectivity index (χ2v) is 2.52. The topological polar surface area (TPSA) is 27.1 Å². The molecule has 1 aromatic heterocycles. The van der Waals surface area contributed by atoms with Crippen molar-refractivity contribution in [1.82, 2.24) is 9.55 Å². The van der Waals surface area contributed by atoms with Crippen LogP contribution in [0.5, 0.6) is 0 Å². The maximum Gasteiger partial charge on any atom is 0.135 e. The lowest BCUT2D eigenvalue weighted by atomic mass is 10.4. The summed E-state index contributed by atoms with van der Waals surface area (Å²) in [5.74, 6) is 1.06. The van der Waals surface area contributed by atoms with Crippen molar-refractivity contribution in [2.24, 2.45) is 0 Å². The summed E-state index contributed by atoms with van der Waals surface area (Å²) in [4.78, 5) is 4.19. The first-order valence-electron chi connectivity index (χ1n) is 3.46. The van der Waals surface area contributed by atoms with Crippen LogP contribution in [-0.2, 0) is 17.9 Å². The minimum absolute atomic E-state index is 0.674. The summed E-state index contributed by atoms with van der Waals surface area (Å²) >= 11 is 0. The van der Waals surface area contributed by atoms with Gasteiger partial charge in [-0.05, 0) is 6.92 Å². The molecule has 0 atom stereocenters. The zero-order valence-corrected chi connectivity index (χ0v) is 6.00. The van der Waals surface area contributed by atoms with Gasteiger partial charge in [-0.1, -0.05) is 0 Å². The van der Waals surface area contributed by atoms with Crippen molar-refractivity contribution in [2.75, 3.05) is 6.61 Å². The molecule has 54 valence electrons. The molecule has 0 amide bonds. The molecular weight excluding hydrogens is 128 g/mol. The molecule has 0 bridgehead atoms. The Morgan fingerprint density at radius 3 is 3.40 bits per heavy atom. The molecule has 0 aromatic carbocycles. The quantitative estimate of drug-likeness (QED) is 0.528. The van der Waals surface area contributed by atoms with Crippen LogP contribution in [0.3, 0.4) is 0 Å². The molecule has 1 aliphatic heterocycles. The normalized spacial score (nSPS) is 16.9. The van der Waals surface area contributed by atoms with Crippen molar-refractivity contribution in [3.8, 4) is 0 Å². The Balaban J connectivity index is 2.45. The first kappa shape index (κ1) is 5.92. The number of aryl methyl sites for hydroxylation is 1. The predicted molar refractivity (Wildman–Crippen MR) is 36.6 cm³/mol. The summed E-state index contributed by atoms with van der Waals surface area (Å²) in [6.45, 7) is 4.53. The molecule has 0 unspecified atom stereocenters. The Hall–Kier alpha value is -0.830. The first-order chi connectivity index (χ1) is 4.88. The second-order valence-electron chi connectivity index (χ2n) is 2.52. The van der Waals surface area contributed by atoms with Crippen molar-refractivity contribution < 1.29 is 4.74 Å². The van der Waals surface area contributed by atoms with Gasteiger partial charge in [-0.25, -0.2) is 4.98 Å². The molecule has 0 radical (unpaired) electrons. The minimum Gasteiger partial charge on any atom is -0.372 e. The number of nitrogens with zero attached hydrogens (tertiary/aromatic N) is 2. The molecule has 1 aromatic rings. The van der Waals surface area contributed by atoms with E-state index in [0.29, 0.717) is 6.61 Å². The number of hydrogen-bond acceptors (Lipinski definition) is 2. The molecule has 0 N–H and O–H groups in total. The molecule has 0 saturated heterocycles. The highest BCUT2D eigenvalue weighted by Gasteiger charge is 2.10. The largest absolute Gasteiger partial charge is 0.372 e. The van der Waals surface area contributed by atoms with E-state index >= 15 is 0 Å². The highest BCUT2D eigenvalue weighted by molar-refractivity contribution is 5.03. The van der Waals surface area contributed by atoms with Crippen LogP contribution in [-0.4, -0.2) is 16.2 Å². The number of aromatic nitrogens is 2. The van der Waals surface area contributed by atoms with Gasteiger partial charge in [-0.3, -0.25) is 0 Å². The number of ether oxygens (including phenoxy) is 1. The van der Waals surface area contributed by atoms with Crippen molar-refractivity contribution in [2.45, 2.75) is 20.1 Å². The molecule has 0 spiro atoms. The zero-order valence-electron chi connectivity index (χ0n) is 6.00. The average Bonchev–Trinajstić information content (AvgIpc) is 2.34. The van der Waals surface area contributed by atoms with Gasteiger partial charge < -0.3 is 9.30 Å². The fourth-order valence-corrected chi connectivity index (χ4v) is 1.25. The molecular formula is C7H10N2O. The number of imidazole rings is 1. The summed E-state index contributed by atoms with van der Waals surface area (Å²) in [6.07, 6.45) is 1.89. The van der Waals surface area contributed by atoms with E-state index in [9.17, 15) is 0 Å². The molecule has 0 aliphatic carbocycles. The van der Waals surface area contributed by atoms with E-state index in [2.05, 4.69) is 16.5 Å². The van der Waals surface area contributed by atoms with Gasteiger partial charge in [-0.2, -0.15) is 0 Å². The fraction of sp³-hybridized carbons (Fsp3) is 0.571. The second kappa shape index (κ2) is 2.09. The van der Waals surface area contributed by atoms with Crippen LogP contribution in [0.4, 0.5) is 0 Å². The Bertz CT molecular complexity index is 242. The molecule has 10 heavy (non-hydrogen) atoms. The van der Waals surface area contributed by atoms with Gasteiger partial charge in [0.15, 0.2) is 0 Å². The molecule has 0 saturated carbocycles. The van der Waals surface area contributed by atoms with E-state index in [0.717, 1.165) is 19.0 Å². The summed E-state index contributed by atoms with van der Waals surface area (Å²) in [6, 6.07) is 0. The summed E-state index contributed by atoms with van der Waals surface area (Å²) in [5.41, 5.74) is 1.23. The van der Waals surface area contributed by atoms with Crippen molar-refractivity contribution in [3.05, 3.63) is 17.7 Å². The predicted octanol–water partition coefficient (Wildman–Crippen LogP) is 0.722. The van der Waals surface area contributed by atoms with Gasteiger partial charge in [0, 0.05) is 18.4 Å². The third-order valence-corrected chi connectivity index (χ3v) is 1.83. The van der Waals surface area contributed by atoms with Crippen LogP contribution in [0.2, 0.25) is 0 Å². The van der Waals surface area contributed by atoms with Crippen LogP contribution < -0.4 is 0 Å². The van der Waals surface area contributed by atoms with Crippen LogP contribution in [0.15, 0.2) is 6.20 Å². The average molecular weight is 138 g/mol. The van der Waals surface area contributed by atoms with Gasteiger partial charge in [0.1, 0.15) is 12.4 Å². The van der Waals surface area contributed by atoms with E-state index in [1.807, 2.05) is 6.20 Å². The van der Waals surface area contributed by atoms with Gasteiger partial charge in [-0.15, -0.1) is 0 Å². The van der Waals surface area contributed by atoms with Gasteiger partial charge in [0.2, 0.25) is 0 Å². The van der Waals surface area contributed by atoms with Gasteiger partial charge >= 0.3 is 0 Å². The molecule has 2 rings (SSSR count). The smallest absolute Gasteiger partial charge is 0.135 e. The summed E-state index contributed by atoms with van der Waals surface area (Å²) in [7, 11) is 0. The summed E-state index contributed by atoms with van der Waals surface area (Å²) in [5, 5.41) is 0. The maximum absolute atomic E-state index is 5.23. The lowest BCUT2D eigenvalue weighted by Crippen LogP contribution is -2.17. The molecule has 1 aliphatic rings. The lowest BCUT2D eigenvalue weighted by Gasteiger charge is -2.15. The van der Waals surface area contributed by atoms with Crippen molar-refractivity contribution in [1.29, 1.82) is 0 Å².